The molecule has 1 saturated carbocycles. The van der Waals surface area contributed by atoms with Gasteiger partial charge in [0.05, 0.1) is 5.25 Å². The third kappa shape index (κ3) is 6.00. The van der Waals surface area contributed by atoms with Gasteiger partial charge in [-0.25, -0.2) is 13.4 Å². The number of anilines is 2. The molecular weight excluding hydrogens is 507 g/mol. The highest BCUT2D eigenvalue weighted by atomic mass is 32.2. The van der Waals surface area contributed by atoms with Crippen molar-refractivity contribution in [3.8, 4) is 0 Å². The first kappa shape index (κ1) is 26.8. The summed E-state index contributed by atoms with van der Waals surface area (Å²) in [5.74, 6) is 0.332. The molecule has 1 aliphatic carbocycles. The Morgan fingerprint density at radius 3 is 2.43 bits per heavy atom. The summed E-state index contributed by atoms with van der Waals surface area (Å²) < 4.78 is 67.7. The molecule has 2 N–H and O–H groups in total. The quantitative estimate of drug-likeness (QED) is 0.456. The van der Waals surface area contributed by atoms with E-state index in [-0.39, 0.29) is 23.6 Å². The Hall–Kier alpha value is -3.28. The Morgan fingerprint density at radius 1 is 1.11 bits per heavy atom. The molecule has 200 valence electrons. The van der Waals surface area contributed by atoms with E-state index in [9.17, 15) is 26.4 Å². The zero-order chi connectivity index (χ0) is 27.0. The third-order valence-electron chi connectivity index (χ3n) is 6.71. The van der Waals surface area contributed by atoms with Crippen molar-refractivity contribution in [2.24, 2.45) is 0 Å². The Bertz CT molecular complexity index is 1380. The Kier molecular flexibility index (Phi) is 7.40. The fraction of sp³-hybridized carbons (Fsp3) is 0.440. The molecule has 12 heteroatoms. The third-order valence-corrected chi connectivity index (χ3v) is 8.47. The maximum Gasteiger partial charge on any atom is 0.434 e. The van der Waals surface area contributed by atoms with Crippen LogP contribution in [0.15, 0.2) is 48.7 Å². The van der Waals surface area contributed by atoms with E-state index < -0.39 is 27.1 Å². The average Bonchev–Trinajstić information content (AvgIpc) is 3.29. The van der Waals surface area contributed by atoms with Gasteiger partial charge in [-0.15, -0.1) is 0 Å². The van der Waals surface area contributed by atoms with Crippen LogP contribution >= 0.6 is 0 Å². The number of nitrogens with one attached hydrogen (secondary N) is 2. The lowest BCUT2D eigenvalue weighted by molar-refractivity contribution is -0.140. The lowest BCUT2D eigenvalue weighted by Crippen LogP contribution is -2.43. The standard InChI is InChI=1S/C25H30F3N5O3S/c1-16(2)37(35,36)31-19-7-4-6-17(14-19)24(34)29-18-10-12-20(13-11-18)32(3)23-9-5-8-22-30-21(15-33(22)23)25(26,27)28/h4-9,14-16,18,20,31H,10-13H2,1-3H3,(H,29,34). The number of fused-ring (bicyclic) bond motifs is 1. The van der Waals surface area contributed by atoms with Gasteiger partial charge in [0.25, 0.3) is 5.91 Å². The molecule has 1 aliphatic rings. The van der Waals surface area contributed by atoms with Crippen molar-refractivity contribution < 1.29 is 26.4 Å². The average molecular weight is 538 g/mol. The molecular formula is C25H30F3N5O3S. The predicted octanol–water partition coefficient (Wildman–Crippen LogP) is 4.68. The number of hydrogen-bond acceptors (Lipinski definition) is 5. The molecule has 2 heterocycles. The largest absolute Gasteiger partial charge is 0.434 e. The summed E-state index contributed by atoms with van der Waals surface area (Å²) in [6.07, 6.45) is -0.610. The van der Waals surface area contributed by atoms with Gasteiger partial charge in [0.2, 0.25) is 10.0 Å². The number of carbonyl (C=O) groups excluding carboxylic acids is 1. The first-order valence-electron chi connectivity index (χ1n) is 12.1. The number of aromatic nitrogens is 2. The number of rotatable bonds is 7. The molecule has 1 fully saturated rings. The zero-order valence-electron chi connectivity index (χ0n) is 20.8. The summed E-state index contributed by atoms with van der Waals surface area (Å²) in [5, 5.41) is 2.42. The minimum Gasteiger partial charge on any atom is -0.358 e. The van der Waals surface area contributed by atoms with E-state index in [4.69, 9.17) is 0 Å². The second-order valence-electron chi connectivity index (χ2n) is 9.60. The molecule has 1 amide bonds. The molecule has 0 spiro atoms. The lowest BCUT2D eigenvalue weighted by atomic mass is 9.90. The summed E-state index contributed by atoms with van der Waals surface area (Å²) in [6, 6.07) is 11.4. The topological polar surface area (TPSA) is 95.8 Å². The fourth-order valence-corrected chi connectivity index (χ4v) is 5.18. The molecule has 0 saturated heterocycles. The van der Waals surface area contributed by atoms with Crippen molar-refractivity contribution in [1.29, 1.82) is 0 Å². The van der Waals surface area contributed by atoms with Gasteiger partial charge in [-0.3, -0.25) is 13.9 Å². The summed E-state index contributed by atoms with van der Waals surface area (Å²) in [5.41, 5.74) is -0.0131. The van der Waals surface area contributed by atoms with Crippen molar-refractivity contribution in [1.82, 2.24) is 14.7 Å². The highest BCUT2D eigenvalue weighted by molar-refractivity contribution is 7.93. The van der Waals surface area contributed by atoms with Crippen LogP contribution in [0.25, 0.3) is 5.65 Å². The van der Waals surface area contributed by atoms with Gasteiger partial charge in [0.15, 0.2) is 5.69 Å². The van der Waals surface area contributed by atoms with E-state index >= 15 is 0 Å². The predicted molar refractivity (Wildman–Crippen MR) is 136 cm³/mol. The molecule has 0 aliphatic heterocycles. The molecule has 4 rings (SSSR count). The summed E-state index contributed by atoms with van der Waals surface area (Å²) in [6.45, 7) is 3.14. The van der Waals surface area contributed by atoms with Crippen LogP contribution in [0.4, 0.5) is 24.7 Å². The van der Waals surface area contributed by atoms with Crippen molar-refractivity contribution in [2.75, 3.05) is 16.7 Å². The lowest BCUT2D eigenvalue weighted by Gasteiger charge is -2.36. The van der Waals surface area contributed by atoms with Gasteiger partial charge in [0.1, 0.15) is 11.5 Å². The van der Waals surface area contributed by atoms with Crippen molar-refractivity contribution in [2.45, 2.75) is 63.0 Å². The Morgan fingerprint density at radius 2 is 1.78 bits per heavy atom. The highest BCUT2D eigenvalue weighted by Crippen LogP contribution is 2.32. The molecule has 0 radical (unpaired) electrons. The normalized spacial score (nSPS) is 18.7. The first-order valence-corrected chi connectivity index (χ1v) is 13.6. The van der Waals surface area contributed by atoms with Gasteiger partial charge in [-0.1, -0.05) is 12.1 Å². The van der Waals surface area contributed by atoms with E-state index in [0.717, 1.165) is 19.0 Å². The summed E-state index contributed by atoms with van der Waals surface area (Å²) >= 11 is 0. The van der Waals surface area contributed by atoms with Gasteiger partial charge < -0.3 is 10.2 Å². The van der Waals surface area contributed by atoms with E-state index in [1.807, 2.05) is 11.9 Å². The number of benzene rings is 1. The number of sulfonamides is 1. The van der Waals surface area contributed by atoms with Crippen LogP contribution in [-0.2, 0) is 16.2 Å². The minimum atomic E-state index is -4.52. The number of amides is 1. The van der Waals surface area contributed by atoms with Crippen molar-refractivity contribution in [3.05, 3.63) is 59.9 Å². The van der Waals surface area contributed by atoms with Gasteiger partial charge in [-0.2, -0.15) is 13.2 Å². The van der Waals surface area contributed by atoms with Gasteiger partial charge >= 0.3 is 6.18 Å². The van der Waals surface area contributed by atoms with Crippen LogP contribution in [0.2, 0.25) is 0 Å². The Balaban J connectivity index is 1.38. The molecule has 0 bridgehead atoms. The van der Waals surface area contributed by atoms with Crippen LogP contribution in [0, 0.1) is 0 Å². The molecule has 2 aromatic heterocycles. The molecule has 0 atom stereocenters. The molecule has 8 nitrogen and oxygen atoms in total. The second-order valence-corrected chi connectivity index (χ2v) is 11.8. The number of carbonyl (C=O) groups is 1. The SMILES string of the molecule is CC(C)S(=O)(=O)Nc1cccc(C(=O)NC2CCC(N(C)c3cccc4nc(C(F)(F)F)cn34)CC2)c1. The minimum absolute atomic E-state index is 0.0611. The number of pyridine rings is 1. The van der Waals surface area contributed by atoms with Gasteiger partial charge in [-0.05, 0) is 69.9 Å². The highest BCUT2D eigenvalue weighted by Gasteiger charge is 2.34. The fourth-order valence-electron chi connectivity index (χ4n) is 4.49. The second kappa shape index (κ2) is 10.2. The molecule has 1 aromatic carbocycles. The van der Waals surface area contributed by atoms with Crippen LogP contribution < -0.4 is 14.9 Å². The molecule has 0 unspecified atom stereocenters. The number of alkyl halides is 3. The van der Waals surface area contributed by atoms with E-state index in [1.54, 1.807) is 50.2 Å². The smallest absolute Gasteiger partial charge is 0.358 e. The number of nitrogens with zero attached hydrogens (tertiary/aromatic N) is 3. The van der Waals surface area contributed by atoms with Gasteiger partial charge in [0, 0.05) is 36.6 Å². The van der Waals surface area contributed by atoms with E-state index in [0.29, 0.717) is 29.9 Å². The van der Waals surface area contributed by atoms with E-state index in [1.165, 1.54) is 10.5 Å². The molecule has 37 heavy (non-hydrogen) atoms. The zero-order valence-corrected chi connectivity index (χ0v) is 21.6. The Labute approximate surface area is 213 Å². The summed E-state index contributed by atoms with van der Waals surface area (Å²) in [7, 11) is -1.67. The molecule has 3 aromatic rings. The number of hydrogen-bond donors (Lipinski definition) is 2. The maximum absolute atomic E-state index is 13.2. The van der Waals surface area contributed by atoms with Crippen LogP contribution in [0.3, 0.4) is 0 Å². The maximum atomic E-state index is 13.2. The number of halogens is 3. The van der Waals surface area contributed by atoms with Crippen molar-refractivity contribution >= 4 is 33.1 Å². The van der Waals surface area contributed by atoms with Crippen LogP contribution in [0.5, 0.6) is 0 Å². The van der Waals surface area contributed by atoms with Crippen LogP contribution in [-0.4, -0.2) is 48.1 Å². The first-order chi connectivity index (χ1) is 17.3. The van der Waals surface area contributed by atoms with E-state index in [2.05, 4.69) is 15.0 Å². The van der Waals surface area contributed by atoms with Crippen LogP contribution in [0.1, 0.15) is 55.6 Å². The monoisotopic (exact) mass is 537 g/mol. The number of imidazole rings is 1. The summed E-state index contributed by atoms with van der Waals surface area (Å²) in [4.78, 5) is 18.5. The van der Waals surface area contributed by atoms with Crippen molar-refractivity contribution in [3.63, 3.8) is 0 Å².